The molecule has 1 amide bonds. The van der Waals surface area contributed by atoms with E-state index in [4.69, 9.17) is 9.47 Å². The van der Waals surface area contributed by atoms with Crippen molar-refractivity contribution in [3.63, 3.8) is 0 Å². The summed E-state index contributed by atoms with van der Waals surface area (Å²) in [6.45, 7) is 4.23. The van der Waals surface area contributed by atoms with E-state index in [1.165, 1.54) is 0 Å². The quantitative estimate of drug-likeness (QED) is 0.724. The highest BCUT2D eigenvalue weighted by Crippen LogP contribution is 2.22. The Bertz CT molecular complexity index is 903. The van der Waals surface area contributed by atoms with Gasteiger partial charge in [-0.2, -0.15) is 0 Å². The van der Waals surface area contributed by atoms with Crippen molar-refractivity contribution in [2.24, 2.45) is 0 Å². The van der Waals surface area contributed by atoms with Gasteiger partial charge in [-0.3, -0.25) is 4.79 Å². The molecule has 134 valence electrons. The first-order valence-corrected chi connectivity index (χ1v) is 8.63. The average molecular weight is 349 g/mol. The van der Waals surface area contributed by atoms with Gasteiger partial charge in [-0.05, 0) is 60.5 Å². The number of carbonyl (C=O) groups is 1. The number of hydrogen-bond acceptors (Lipinski definition) is 3. The number of aryl methyl sites for hydroxylation is 1. The van der Waals surface area contributed by atoms with E-state index < -0.39 is 6.10 Å². The standard InChI is InChI=1S/C22H23NO3/c1-15-4-9-20(10-5-15)26-16(2)22(24)23-14-17-6-7-19-13-21(25-3)11-8-18(19)12-17/h4-13,16H,14H2,1-3H3,(H,23,24)/t16-/m0/s1. The number of carbonyl (C=O) groups excluding carboxylic acids is 1. The lowest BCUT2D eigenvalue weighted by Gasteiger charge is -2.15. The molecule has 0 saturated carbocycles. The van der Waals surface area contributed by atoms with Gasteiger partial charge in [-0.25, -0.2) is 0 Å². The molecule has 1 atom stereocenters. The summed E-state index contributed by atoms with van der Waals surface area (Å²) in [4.78, 5) is 12.3. The highest BCUT2D eigenvalue weighted by molar-refractivity contribution is 5.85. The van der Waals surface area contributed by atoms with Gasteiger partial charge in [0.15, 0.2) is 6.10 Å². The summed E-state index contributed by atoms with van der Waals surface area (Å²) < 4.78 is 10.9. The molecule has 26 heavy (non-hydrogen) atoms. The summed E-state index contributed by atoms with van der Waals surface area (Å²) >= 11 is 0. The normalized spacial score (nSPS) is 11.8. The fourth-order valence-electron chi connectivity index (χ4n) is 2.72. The molecule has 0 saturated heterocycles. The van der Waals surface area contributed by atoms with E-state index in [1.54, 1.807) is 14.0 Å². The largest absolute Gasteiger partial charge is 0.497 e. The maximum Gasteiger partial charge on any atom is 0.261 e. The van der Waals surface area contributed by atoms with E-state index in [1.807, 2.05) is 61.5 Å². The van der Waals surface area contributed by atoms with Crippen LogP contribution in [0.3, 0.4) is 0 Å². The Morgan fingerprint density at radius 1 is 0.962 bits per heavy atom. The molecule has 1 N–H and O–H groups in total. The second-order valence-electron chi connectivity index (χ2n) is 6.34. The predicted octanol–water partition coefficient (Wildman–Crippen LogP) is 4.24. The molecule has 0 aliphatic heterocycles. The molecule has 3 rings (SSSR count). The van der Waals surface area contributed by atoms with E-state index in [2.05, 4.69) is 11.4 Å². The Morgan fingerprint density at radius 3 is 2.35 bits per heavy atom. The third-order valence-corrected chi connectivity index (χ3v) is 4.28. The van der Waals surface area contributed by atoms with Crippen molar-refractivity contribution in [3.05, 3.63) is 71.8 Å². The van der Waals surface area contributed by atoms with Gasteiger partial charge in [-0.1, -0.05) is 35.9 Å². The third kappa shape index (κ3) is 4.33. The molecule has 0 aliphatic carbocycles. The first kappa shape index (κ1) is 17.8. The molecule has 0 heterocycles. The number of rotatable bonds is 6. The van der Waals surface area contributed by atoms with Crippen LogP contribution in [0.1, 0.15) is 18.1 Å². The fraction of sp³-hybridized carbons (Fsp3) is 0.227. The highest BCUT2D eigenvalue weighted by atomic mass is 16.5. The van der Waals surface area contributed by atoms with E-state index >= 15 is 0 Å². The fourth-order valence-corrected chi connectivity index (χ4v) is 2.72. The molecule has 4 heteroatoms. The van der Waals surface area contributed by atoms with Gasteiger partial charge in [-0.15, -0.1) is 0 Å². The van der Waals surface area contributed by atoms with Gasteiger partial charge < -0.3 is 14.8 Å². The van der Waals surface area contributed by atoms with Crippen molar-refractivity contribution < 1.29 is 14.3 Å². The SMILES string of the molecule is COc1ccc2cc(CNC(=O)[C@H](C)Oc3ccc(C)cc3)ccc2c1. The van der Waals surface area contributed by atoms with Gasteiger partial charge in [0.1, 0.15) is 11.5 Å². The van der Waals surface area contributed by atoms with E-state index in [0.29, 0.717) is 12.3 Å². The number of nitrogens with one attached hydrogen (secondary N) is 1. The molecule has 0 bridgehead atoms. The van der Waals surface area contributed by atoms with Crippen LogP contribution in [0, 0.1) is 6.92 Å². The number of amides is 1. The van der Waals surface area contributed by atoms with Gasteiger partial charge in [0, 0.05) is 6.54 Å². The van der Waals surface area contributed by atoms with Crippen LogP contribution in [0.4, 0.5) is 0 Å². The molecule has 0 aliphatic rings. The van der Waals surface area contributed by atoms with Crippen molar-refractivity contribution in [3.8, 4) is 11.5 Å². The summed E-state index contributed by atoms with van der Waals surface area (Å²) in [6, 6.07) is 19.7. The Labute approximate surface area is 153 Å². The maximum atomic E-state index is 12.3. The van der Waals surface area contributed by atoms with Crippen LogP contribution >= 0.6 is 0 Å². The molecule has 3 aromatic rings. The molecule has 0 aromatic heterocycles. The molecule has 0 fully saturated rings. The summed E-state index contributed by atoms with van der Waals surface area (Å²) in [7, 11) is 1.66. The van der Waals surface area contributed by atoms with Crippen LogP contribution in [-0.2, 0) is 11.3 Å². The smallest absolute Gasteiger partial charge is 0.261 e. The molecule has 0 spiro atoms. The summed E-state index contributed by atoms with van der Waals surface area (Å²) in [5.74, 6) is 1.39. The number of methoxy groups -OCH3 is 1. The zero-order valence-electron chi connectivity index (χ0n) is 15.3. The van der Waals surface area contributed by atoms with Gasteiger partial charge >= 0.3 is 0 Å². The minimum Gasteiger partial charge on any atom is -0.497 e. The monoisotopic (exact) mass is 349 g/mol. The number of fused-ring (bicyclic) bond motifs is 1. The summed E-state index contributed by atoms with van der Waals surface area (Å²) in [5.41, 5.74) is 2.20. The van der Waals surface area contributed by atoms with Crippen molar-refractivity contribution >= 4 is 16.7 Å². The first-order chi connectivity index (χ1) is 12.5. The van der Waals surface area contributed by atoms with E-state index in [0.717, 1.165) is 27.6 Å². The van der Waals surface area contributed by atoms with Gasteiger partial charge in [0.25, 0.3) is 5.91 Å². The van der Waals surface area contributed by atoms with Crippen LogP contribution in [0.5, 0.6) is 11.5 Å². The van der Waals surface area contributed by atoms with Crippen LogP contribution in [-0.4, -0.2) is 19.1 Å². The van der Waals surface area contributed by atoms with Crippen molar-refractivity contribution in [2.75, 3.05) is 7.11 Å². The van der Waals surface area contributed by atoms with Crippen LogP contribution in [0.15, 0.2) is 60.7 Å². The lowest BCUT2D eigenvalue weighted by Crippen LogP contribution is -2.35. The maximum absolute atomic E-state index is 12.3. The minimum atomic E-state index is -0.553. The molecule has 0 unspecified atom stereocenters. The second-order valence-corrected chi connectivity index (χ2v) is 6.34. The molecule has 0 radical (unpaired) electrons. The van der Waals surface area contributed by atoms with Crippen molar-refractivity contribution in [2.45, 2.75) is 26.5 Å². The van der Waals surface area contributed by atoms with Crippen LogP contribution < -0.4 is 14.8 Å². The second kappa shape index (κ2) is 7.91. The zero-order valence-corrected chi connectivity index (χ0v) is 15.3. The first-order valence-electron chi connectivity index (χ1n) is 8.63. The molecule has 4 nitrogen and oxygen atoms in total. The lowest BCUT2D eigenvalue weighted by molar-refractivity contribution is -0.127. The Balaban J connectivity index is 1.59. The third-order valence-electron chi connectivity index (χ3n) is 4.28. The highest BCUT2D eigenvalue weighted by Gasteiger charge is 2.14. The van der Waals surface area contributed by atoms with E-state index in [9.17, 15) is 4.79 Å². The number of hydrogen-bond donors (Lipinski definition) is 1. The van der Waals surface area contributed by atoms with Gasteiger partial charge in [0.05, 0.1) is 7.11 Å². The zero-order chi connectivity index (χ0) is 18.5. The van der Waals surface area contributed by atoms with Gasteiger partial charge in [0.2, 0.25) is 0 Å². The predicted molar refractivity (Wildman–Crippen MR) is 104 cm³/mol. The lowest BCUT2D eigenvalue weighted by atomic mass is 10.1. The molecular weight excluding hydrogens is 326 g/mol. The van der Waals surface area contributed by atoms with Crippen LogP contribution in [0.2, 0.25) is 0 Å². The Hall–Kier alpha value is -3.01. The molecule has 3 aromatic carbocycles. The Kier molecular flexibility index (Phi) is 5.42. The number of benzene rings is 3. The van der Waals surface area contributed by atoms with Crippen molar-refractivity contribution in [1.82, 2.24) is 5.32 Å². The summed E-state index contributed by atoms with van der Waals surface area (Å²) in [5, 5.41) is 5.15. The minimum absolute atomic E-state index is 0.139. The topological polar surface area (TPSA) is 47.6 Å². The summed E-state index contributed by atoms with van der Waals surface area (Å²) in [6.07, 6.45) is -0.553. The average Bonchev–Trinajstić information content (AvgIpc) is 2.67. The van der Waals surface area contributed by atoms with E-state index in [-0.39, 0.29) is 5.91 Å². The van der Waals surface area contributed by atoms with Crippen molar-refractivity contribution in [1.29, 1.82) is 0 Å². The number of ether oxygens (including phenoxy) is 2. The van der Waals surface area contributed by atoms with Crippen LogP contribution in [0.25, 0.3) is 10.8 Å². The molecular formula is C22H23NO3. The Morgan fingerprint density at radius 2 is 1.62 bits per heavy atom.